The van der Waals surface area contributed by atoms with Crippen LogP contribution in [0, 0.1) is 0 Å². The summed E-state index contributed by atoms with van der Waals surface area (Å²) in [4.78, 5) is 16.0. The largest absolute Gasteiger partial charge is 0.463 e. The molecule has 3 N–H and O–H groups in total. The second kappa shape index (κ2) is 7.59. The highest BCUT2D eigenvalue weighted by Crippen LogP contribution is 2.27. The van der Waals surface area contributed by atoms with Crippen LogP contribution in [0.2, 0.25) is 0 Å². The monoisotopic (exact) mass is 408 g/mol. The van der Waals surface area contributed by atoms with Gasteiger partial charge in [0.15, 0.2) is 17.3 Å². The fraction of sp³-hybridized carbons (Fsp3) is 0.250. The highest BCUT2D eigenvalue weighted by molar-refractivity contribution is 7.13. The number of hydrogen-bond acceptors (Lipinski definition) is 6. The van der Waals surface area contributed by atoms with E-state index in [2.05, 4.69) is 48.1 Å². The number of carbonyl (C=O) groups is 1. The van der Waals surface area contributed by atoms with Crippen LogP contribution in [0.25, 0.3) is 22.0 Å². The number of anilines is 1. The smallest absolute Gasteiger partial charge is 0.272 e. The van der Waals surface area contributed by atoms with Crippen molar-refractivity contribution in [2.24, 2.45) is 0 Å². The zero-order valence-corrected chi connectivity index (χ0v) is 16.4. The Kier molecular flexibility index (Phi) is 4.65. The van der Waals surface area contributed by atoms with E-state index in [4.69, 9.17) is 4.42 Å². The average molecular weight is 408 g/mol. The Morgan fingerprint density at radius 2 is 2.00 bits per heavy atom. The summed E-state index contributed by atoms with van der Waals surface area (Å²) < 4.78 is 5.33. The van der Waals surface area contributed by atoms with Crippen molar-refractivity contribution in [2.75, 3.05) is 18.0 Å². The minimum Gasteiger partial charge on any atom is -0.463 e. The number of rotatable bonds is 5. The van der Waals surface area contributed by atoms with Gasteiger partial charge in [0.1, 0.15) is 5.69 Å². The number of thiophene rings is 1. The Bertz CT molecular complexity index is 1070. The van der Waals surface area contributed by atoms with E-state index in [1.165, 1.54) is 4.88 Å². The Hall–Kier alpha value is -3.33. The summed E-state index contributed by atoms with van der Waals surface area (Å²) in [7, 11) is 0. The normalized spacial score (nSPS) is 15.0. The van der Waals surface area contributed by atoms with Gasteiger partial charge in [-0.15, -0.1) is 11.3 Å². The molecule has 1 fully saturated rings. The van der Waals surface area contributed by atoms with Crippen molar-refractivity contribution in [3.8, 4) is 22.0 Å². The second-order valence-corrected chi connectivity index (χ2v) is 7.94. The lowest BCUT2D eigenvalue weighted by Crippen LogP contribution is -2.44. The summed E-state index contributed by atoms with van der Waals surface area (Å²) >= 11 is 1.69. The highest BCUT2D eigenvalue weighted by Gasteiger charge is 2.24. The maximum absolute atomic E-state index is 12.5. The molecule has 5 heterocycles. The molecular weight excluding hydrogens is 388 g/mol. The fourth-order valence-electron chi connectivity index (χ4n) is 3.54. The lowest BCUT2D eigenvalue weighted by Gasteiger charge is -2.32. The Labute approximate surface area is 170 Å². The number of H-pyrrole nitrogens is 2. The number of aromatic nitrogens is 4. The number of furan rings is 1. The number of piperidine rings is 1. The van der Waals surface area contributed by atoms with Gasteiger partial charge in [-0.3, -0.25) is 15.0 Å². The van der Waals surface area contributed by atoms with Crippen LogP contribution in [0.5, 0.6) is 0 Å². The first-order valence-corrected chi connectivity index (χ1v) is 10.4. The van der Waals surface area contributed by atoms with Gasteiger partial charge in [0.05, 0.1) is 16.8 Å². The number of aromatic amines is 2. The summed E-state index contributed by atoms with van der Waals surface area (Å²) in [5.41, 5.74) is 2.10. The molecule has 0 spiro atoms. The van der Waals surface area contributed by atoms with Gasteiger partial charge in [-0.05, 0) is 36.4 Å². The van der Waals surface area contributed by atoms with Crippen LogP contribution in [0.4, 0.5) is 5.82 Å². The number of nitrogens with one attached hydrogen (secondary N) is 3. The van der Waals surface area contributed by atoms with Crippen molar-refractivity contribution in [1.82, 2.24) is 25.7 Å². The molecule has 0 saturated carbocycles. The lowest BCUT2D eigenvalue weighted by molar-refractivity contribution is 0.0926. The molecule has 5 rings (SSSR count). The van der Waals surface area contributed by atoms with Gasteiger partial charge in [0.2, 0.25) is 0 Å². The van der Waals surface area contributed by atoms with Gasteiger partial charge in [-0.2, -0.15) is 10.2 Å². The van der Waals surface area contributed by atoms with Gasteiger partial charge in [0.25, 0.3) is 5.91 Å². The minimum absolute atomic E-state index is 0.123. The van der Waals surface area contributed by atoms with Crippen LogP contribution in [0.1, 0.15) is 23.3 Å². The number of hydrogen-bond donors (Lipinski definition) is 3. The zero-order valence-electron chi connectivity index (χ0n) is 15.6. The van der Waals surface area contributed by atoms with E-state index in [1.807, 2.05) is 12.1 Å². The molecule has 1 amide bonds. The molecule has 1 saturated heterocycles. The van der Waals surface area contributed by atoms with Crippen molar-refractivity contribution in [3.05, 3.63) is 53.7 Å². The van der Waals surface area contributed by atoms with E-state index >= 15 is 0 Å². The third-order valence-corrected chi connectivity index (χ3v) is 6.01. The van der Waals surface area contributed by atoms with Crippen LogP contribution >= 0.6 is 11.3 Å². The molecule has 148 valence electrons. The fourth-order valence-corrected chi connectivity index (χ4v) is 4.23. The van der Waals surface area contributed by atoms with Gasteiger partial charge >= 0.3 is 0 Å². The summed E-state index contributed by atoms with van der Waals surface area (Å²) in [5.74, 6) is 1.44. The van der Waals surface area contributed by atoms with Gasteiger partial charge in [-0.1, -0.05) is 6.07 Å². The van der Waals surface area contributed by atoms with Gasteiger partial charge in [-0.25, -0.2) is 0 Å². The molecule has 1 aliphatic rings. The minimum atomic E-state index is -0.169. The van der Waals surface area contributed by atoms with E-state index < -0.39 is 0 Å². The average Bonchev–Trinajstić information content (AvgIpc) is 3.55. The summed E-state index contributed by atoms with van der Waals surface area (Å²) in [6.07, 6.45) is 3.32. The van der Waals surface area contributed by atoms with E-state index in [0.717, 1.165) is 37.4 Å². The first-order valence-electron chi connectivity index (χ1n) is 9.50. The Balaban J connectivity index is 1.17. The van der Waals surface area contributed by atoms with E-state index in [0.29, 0.717) is 17.1 Å². The number of amides is 1. The van der Waals surface area contributed by atoms with Crippen molar-refractivity contribution in [3.63, 3.8) is 0 Å². The quantitative estimate of drug-likeness (QED) is 0.469. The van der Waals surface area contributed by atoms with Crippen LogP contribution in [-0.2, 0) is 0 Å². The maximum Gasteiger partial charge on any atom is 0.272 e. The zero-order chi connectivity index (χ0) is 19.6. The molecule has 4 aromatic rings. The Morgan fingerprint density at radius 1 is 1.14 bits per heavy atom. The molecule has 4 aromatic heterocycles. The second-order valence-electron chi connectivity index (χ2n) is 7.00. The van der Waals surface area contributed by atoms with Crippen molar-refractivity contribution >= 4 is 23.1 Å². The molecule has 0 unspecified atom stereocenters. The topological polar surface area (TPSA) is 103 Å². The highest BCUT2D eigenvalue weighted by atomic mass is 32.1. The maximum atomic E-state index is 12.5. The van der Waals surface area contributed by atoms with Crippen molar-refractivity contribution < 1.29 is 9.21 Å². The summed E-state index contributed by atoms with van der Waals surface area (Å²) in [6, 6.07) is 11.7. The molecule has 1 aliphatic heterocycles. The van der Waals surface area contributed by atoms with Gasteiger partial charge in [0, 0.05) is 31.3 Å². The molecule has 0 aliphatic carbocycles. The Morgan fingerprint density at radius 3 is 2.76 bits per heavy atom. The van der Waals surface area contributed by atoms with Crippen LogP contribution in [-0.4, -0.2) is 45.4 Å². The van der Waals surface area contributed by atoms with Crippen molar-refractivity contribution in [1.29, 1.82) is 0 Å². The number of nitrogens with zero attached hydrogens (tertiary/aromatic N) is 3. The molecule has 0 aromatic carbocycles. The van der Waals surface area contributed by atoms with Crippen LogP contribution < -0.4 is 10.2 Å². The first kappa shape index (κ1) is 17.7. The van der Waals surface area contributed by atoms with Crippen LogP contribution in [0.3, 0.4) is 0 Å². The summed E-state index contributed by atoms with van der Waals surface area (Å²) in [6.45, 7) is 1.69. The van der Waals surface area contributed by atoms with Crippen LogP contribution in [0.15, 0.2) is 52.5 Å². The molecule has 0 radical (unpaired) electrons. The van der Waals surface area contributed by atoms with E-state index in [1.54, 1.807) is 29.7 Å². The molecule has 8 nitrogen and oxygen atoms in total. The van der Waals surface area contributed by atoms with E-state index in [-0.39, 0.29) is 11.9 Å². The molecule has 9 heteroatoms. The molecule has 0 bridgehead atoms. The molecule has 0 atom stereocenters. The predicted octanol–water partition coefficient (Wildman–Crippen LogP) is 3.52. The first-order chi connectivity index (χ1) is 14.3. The molecular formula is C20H20N6O2S. The predicted molar refractivity (Wildman–Crippen MR) is 111 cm³/mol. The van der Waals surface area contributed by atoms with E-state index in [9.17, 15) is 4.79 Å². The molecule has 29 heavy (non-hydrogen) atoms. The van der Waals surface area contributed by atoms with Gasteiger partial charge < -0.3 is 14.6 Å². The third-order valence-electron chi connectivity index (χ3n) is 5.10. The standard InChI is InChI=1S/C20H20N6O2S/c27-20(16-11-14(22-24-16)17-3-1-9-28-17)21-13-5-7-26(8-6-13)19-12-15(23-25-19)18-4-2-10-29-18/h1-4,9-13H,5-8H2,(H,21,27)(H,22,24)(H,23,25). The lowest BCUT2D eigenvalue weighted by atomic mass is 10.0. The summed E-state index contributed by atoms with van der Waals surface area (Å²) in [5, 5.41) is 19.7. The third kappa shape index (κ3) is 3.68. The van der Waals surface area contributed by atoms with Crippen molar-refractivity contribution in [2.45, 2.75) is 18.9 Å². The number of carbonyl (C=O) groups excluding carboxylic acids is 1. The SMILES string of the molecule is O=C(NC1CCN(c2cc(-c3cccs3)[nH]n2)CC1)c1cc(-c2ccco2)[nH]n1.